The first kappa shape index (κ1) is 17.9. The van der Waals surface area contributed by atoms with E-state index in [4.69, 9.17) is 0 Å². The van der Waals surface area contributed by atoms with Crippen molar-refractivity contribution >= 4 is 32.3 Å². The van der Waals surface area contributed by atoms with Crippen LogP contribution in [0, 0.1) is 10.8 Å². The highest BCUT2D eigenvalue weighted by atomic mass is 79.9. The van der Waals surface area contributed by atoms with Crippen molar-refractivity contribution in [1.82, 2.24) is 0 Å². The fraction of sp³-hybridized carbons (Fsp3) is 0.259. The van der Waals surface area contributed by atoms with Crippen LogP contribution in [-0.2, 0) is 0 Å². The van der Waals surface area contributed by atoms with Gasteiger partial charge in [-0.3, -0.25) is 0 Å². The van der Waals surface area contributed by atoms with Crippen LogP contribution in [0.5, 0.6) is 0 Å². The van der Waals surface area contributed by atoms with E-state index in [1.807, 2.05) is 0 Å². The van der Waals surface area contributed by atoms with E-state index in [9.17, 15) is 0 Å². The molecule has 0 amide bonds. The van der Waals surface area contributed by atoms with Gasteiger partial charge in [-0.05, 0) is 58.4 Å². The molecule has 4 aliphatic rings. The molecule has 1 heteroatoms. The predicted molar refractivity (Wildman–Crippen MR) is 124 cm³/mol. The van der Waals surface area contributed by atoms with Crippen LogP contribution in [0.1, 0.15) is 38.7 Å². The molecule has 2 aromatic rings. The van der Waals surface area contributed by atoms with E-state index in [0.29, 0.717) is 0 Å². The van der Waals surface area contributed by atoms with Gasteiger partial charge in [0, 0.05) is 15.3 Å². The monoisotopic (exact) mass is 428 g/mol. The van der Waals surface area contributed by atoms with Crippen molar-refractivity contribution in [3.63, 3.8) is 0 Å². The number of benzene rings is 2. The number of allylic oxidation sites excluding steroid dienone is 10. The second-order valence-electron chi connectivity index (χ2n) is 8.63. The molecule has 2 aromatic carbocycles. The van der Waals surface area contributed by atoms with Crippen LogP contribution in [-0.4, -0.2) is 0 Å². The second kappa shape index (κ2) is 6.46. The molecular weight excluding hydrogens is 404 g/mol. The van der Waals surface area contributed by atoms with Crippen LogP contribution in [0.25, 0.3) is 16.3 Å². The lowest BCUT2D eigenvalue weighted by Crippen LogP contribution is -2.33. The number of hydrogen-bond acceptors (Lipinski definition) is 0. The summed E-state index contributed by atoms with van der Waals surface area (Å²) in [5.41, 5.74) is 5.78. The Hall–Kier alpha value is -2.12. The summed E-state index contributed by atoms with van der Waals surface area (Å²) < 4.78 is 1.20. The number of hydrogen-bond donors (Lipinski definition) is 0. The molecular formula is C27H25Br. The van der Waals surface area contributed by atoms with Crippen molar-refractivity contribution < 1.29 is 0 Å². The molecule has 4 aliphatic carbocycles. The van der Waals surface area contributed by atoms with Gasteiger partial charge in [-0.2, -0.15) is 0 Å². The highest BCUT2D eigenvalue weighted by molar-refractivity contribution is 9.11. The molecule has 0 saturated carbocycles. The molecule has 0 N–H and O–H groups in total. The summed E-state index contributed by atoms with van der Waals surface area (Å²) in [7, 11) is 0. The Kier molecular flexibility index (Phi) is 4.14. The molecule has 2 unspecified atom stereocenters. The standard InChI is InChI=1S/C27H25Br/c1-3-27-14-13-26(2)17-22(27)15-20(11-12-21(27)16-23(28)18-26)25-10-6-8-19-7-4-5-9-24(19)25/h4-12,15-18H,3,13-14H2,1-2H3/b21-16-,23-18+. The normalized spacial score (nSPS) is 32.4. The third kappa shape index (κ3) is 2.71. The smallest absolute Gasteiger partial charge is 0.0198 e. The largest absolute Gasteiger partial charge is 0.0706 e. The van der Waals surface area contributed by atoms with E-state index in [2.05, 4.69) is 109 Å². The number of halogens is 1. The molecule has 0 aromatic heterocycles. The van der Waals surface area contributed by atoms with Gasteiger partial charge in [0.15, 0.2) is 0 Å². The minimum atomic E-state index is 0.111. The quantitative estimate of drug-likeness (QED) is 0.452. The Morgan fingerprint density at radius 2 is 1.71 bits per heavy atom. The van der Waals surface area contributed by atoms with Gasteiger partial charge < -0.3 is 0 Å². The topological polar surface area (TPSA) is 0 Å². The van der Waals surface area contributed by atoms with Crippen molar-refractivity contribution in [2.75, 3.05) is 0 Å². The maximum atomic E-state index is 3.81. The van der Waals surface area contributed by atoms with Gasteiger partial charge in [0.05, 0.1) is 0 Å². The van der Waals surface area contributed by atoms with Crippen LogP contribution in [0.3, 0.4) is 0 Å². The number of fused-ring (bicyclic) bond motifs is 3. The van der Waals surface area contributed by atoms with Crippen molar-refractivity contribution in [1.29, 1.82) is 0 Å². The number of rotatable bonds is 2. The zero-order valence-electron chi connectivity index (χ0n) is 16.5. The molecule has 6 rings (SSSR count). The van der Waals surface area contributed by atoms with E-state index in [1.54, 1.807) is 0 Å². The van der Waals surface area contributed by atoms with Crippen molar-refractivity contribution in [3.05, 3.63) is 100 Å². The minimum Gasteiger partial charge on any atom is -0.0706 e. The molecule has 140 valence electrons. The molecule has 0 saturated heterocycles. The maximum absolute atomic E-state index is 3.81. The van der Waals surface area contributed by atoms with Gasteiger partial charge in [-0.1, -0.05) is 103 Å². The maximum Gasteiger partial charge on any atom is 0.0198 e. The summed E-state index contributed by atoms with van der Waals surface area (Å²) in [4.78, 5) is 0. The summed E-state index contributed by atoms with van der Waals surface area (Å²) >= 11 is 3.81. The molecule has 28 heavy (non-hydrogen) atoms. The van der Waals surface area contributed by atoms with Gasteiger partial charge in [0.25, 0.3) is 0 Å². The van der Waals surface area contributed by atoms with Gasteiger partial charge in [-0.25, -0.2) is 0 Å². The molecule has 0 nitrogen and oxygen atoms in total. The fourth-order valence-corrected chi connectivity index (χ4v) is 6.04. The van der Waals surface area contributed by atoms with E-state index < -0.39 is 0 Å². The zero-order valence-corrected chi connectivity index (χ0v) is 18.1. The average molecular weight is 429 g/mol. The molecule has 0 spiro atoms. The second-order valence-corrected chi connectivity index (χ2v) is 9.55. The molecule has 2 atom stereocenters. The Morgan fingerprint density at radius 3 is 2.57 bits per heavy atom. The Labute approximate surface area is 176 Å². The van der Waals surface area contributed by atoms with E-state index >= 15 is 0 Å². The van der Waals surface area contributed by atoms with E-state index in [-0.39, 0.29) is 10.8 Å². The highest BCUT2D eigenvalue weighted by Crippen LogP contribution is 2.56. The fourth-order valence-electron chi connectivity index (χ4n) is 5.27. The highest BCUT2D eigenvalue weighted by Gasteiger charge is 2.43. The van der Waals surface area contributed by atoms with Crippen LogP contribution in [0.4, 0.5) is 0 Å². The minimum absolute atomic E-state index is 0.111. The van der Waals surface area contributed by atoms with Crippen LogP contribution in [0.2, 0.25) is 0 Å². The molecule has 0 radical (unpaired) electrons. The summed E-state index contributed by atoms with van der Waals surface area (Å²) in [5, 5.41) is 2.62. The molecule has 4 bridgehead atoms. The van der Waals surface area contributed by atoms with E-state index in [0.717, 1.165) is 6.42 Å². The Bertz CT molecular complexity index is 1120. The van der Waals surface area contributed by atoms with Gasteiger partial charge in [0.1, 0.15) is 0 Å². The van der Waals surface area contributed by atoms with Crippen molar-refractivity contribution in [2.24, 2.45) is 10.8 Å². The van der Waals surface area contributed by atoms with Crippen LogP contribution >= 0.6 is 15.9 Å². The lowest BCUT2D eigenvalue weighted by Gasteiger charge is -2.45. The lowest BCUT2D eigenvalue weighted by molar-refractivity contribution is 0.298. The van der Waals surface area contributed by atoms with Crippen LogP contribution < -0.4 is 0 Å². The Morgan fingerprint density at radius 1 is 0.893 bits per heavy atom. The van der Waals surface area contributed by atoms with Crippen LogP contribution in [0.15, 0.2) is 94.5 Å². The first-order chi connectivity index (χ1) is 13.5. The molecule has 0 aliphatic heterocycles. The van der Waals surface area contributed by atoms with E-state index in [1.165, 1.54) is 50.4 Å². The van der Waals surface area contributed by atoms with Crippen molar-refractivity contribution in [3.8, 4) is 0 Å². The third-order valence-corrected chi connectivity index (χ3v) is 7.36. The first-order valence-corrected chi connectivity index (χ1v) is 11.0. The van der Waals surface area contributed by atoms with Gasteiger partial charge >= 0.3 is 0 Å². The average Bonchev–Trinajstić information content (AvgIpc) is 2.84. The third-order valence-electron chi connectivity index (χ3n) is 6.90. The van der Waals surface area contributed by atoms with Gasteiger partial charge in [0.2, 0.25) is 0 Å². The zero-order chi connectivity index (χ0) is 19.4. The van der Waals surface area contributed by atoms with Crippen molar-refractivity contribution in [2.45, 2.75) is 33.1 Å². The summed E-state index contributed by atoms with van der Waals surface area (Å²) in [6.45, 7) is 4.71. The first-order valence-electron chi connectivity index (χ1n) is 10.2. The molecule has 0 heterocycles. The predicted octanol–water partition coefficient (Wildman–Crippen LogP) is 8.13. The Balaban J connectivity index is 1.78. The summed E-state index contributed by atoms with van der Waals surface area (Å²) in [5.74, 6) is 0. The summed E-state index contributed by atoms with van der Waals surface area (Å²) in [6.07, 6.45) is 18.0. The lowest BCUT2D eigenvalue weighted by atomic mass is 9.59. The SMILES string of the molecule is CCC12CCC3(C)C=C1C=C(c1cccc4ccccc14)C=C/C2=C/C(Br)=C\3. The van der Waals surface area contributed by atoms with Gasteiger partial charge in [-0.15, -0.1) is 0 Å². The molecule has 0 fully saturated rings. The summed E-state index contributed by atoms with van der Waals surface area (Å²) in [6, 6.07) is 15.3.